The van der Waals surface area contributed by atoms with Crippen molar-refractivity contribution >= 4 is 5.91 Å². The summed E-state index contributed by atoms with van der Waals surface area (Å²) in [6, 6.07) is 18.5. The molecule has 0 aliphatic carbocycles. The fourth-order valence-corrected chi connectivity index (χ4v) is 2.72. The maximum absolute atomic E-state index is 13.8. The molecule has 0 aliphatic rings. The van der Waals surface area contributed by atoms with Gasteiger partial charge in [-0.05, 0) is 30.7 Å². The summed E-state index contributed by atoms with van der Waals surface area (Å²) in [6.07, 6.45) is 2.25. The summed E-state index contributed by atoms with van der Waals surface area (Å²) < 4.78 is 15.8. The van der Waals surface area contributed by atoms with Crippen LogP contribution in [-0.2, 0) is 24.3 Å². The van der Waals surface area contributed by atoms with Gasteiger partial charge in [-0.2, -0.15) is 0 Å². The summed E-state index contributed by atoms with van der Waals surface area (Å²) in [6.45, 7) is 2.89. The zero-order valence-electron chi connectivity index (χ0n) is 14.2. The Labute approximate surface area is 147 Å². The number of carbonyl (C=O) groups excluding carboxylic acids is 1. The molecule has 3 aromatic rings. The van der Waals surface area contributed by atoms with E-state index in [2.05, 4.69) is 5.32 Å². The molecule has 1 heterocycles. The molecule has 0 saturated heterocycles. The van der Waals surface area contributed by atoms with Crippen molar-refractivity contribution in [3.05, 3.63) is 95.1 Å². The minimum absolute atomic E-state index is 0.0255. The second-order valence-electron chi connectivity index (χ2n) is 6.16. The van der Waals surface area contributed by atoms with Crippen LogP contribution in [0.4, 0.5) is 4.39 Å². The first-order chi connectivity index (χ1) is 12.1. The van der Waals surface area contributed by atoms with E-state index in [1.165, 1.54) is 11.6 Å². The van der Waals surface area contributed by atoms with Gasteiger partial charge in [-0.1, -0.05) is 48.0 Å². The van der Waals surface area contributed by atoms with Crippen LogP contribution in [0.1, 0.15) is 22.4 Å². The van der Waals surface area contributed by atoms with Crippen molar-refractivity contribution in [2.45, 2.75) is 26.4 Å². The van der Waals surface area contributed by atoms with Crippen molar-refractivity contribution in [2.75, 3.05) is 0 Å². The summed E-state index contributed by atoms with van der Waals surface area (Å²) in [5.41, 5.74) is 3.74. The normalized spacial score (nSPS) is 10.6. The molecule has 2 aromatic carbocycles. The number of hydrogen-bond acceptors (Lipinski definition) is 1. The van der Waals surface area contributed by atoms with Crippen molar-refractivity contribution in [3.8, 4) is 0 Å². The molecule has 1 N–H and O–H groups in total. The molecule has 1 amide bonds. The van der Waals surface area contributed by atoms with Gasteiger partial charge >= 0.3 is 0 Å². The van der Waals surface area contributed by atoms with Crippen LogP contribution in [0.25, 0.3) is 0 Å². The first-order valence-electron chi connectivity index (χ1n) is 8.31. The van der Waals surface area contributed by atoms with E-state index in [0.29, 0.717) is 25.1 Å². The predicted molar refractivity (Wildman–Crippen MR) is 96.7 cm³/mol. The first kappa shape index (κ1) is 17.0. The quantitative estimate of drug-likeness (QED) is 0.729. The molecule has 25 heavy (non-hydrogen) atoms. The van der Waals surface area contributed by atoms with E-state index in [9.17, 15) is 9.18 Å². The van der Waals surface area contributed by atoms with Gasteiger partial charge < -0.3 is 9.88 Å². The van der Waals surface area contributed by atoms with Gasteiger partial charge in [0.1, 0.15) is 5.82 Å². The monoisotopic (exact) mass is 336 g/mol. The van der Waals surface area contributed by atoms with Crippen LogP contribution in [0.2, 0.25) is 0 Å². The molecular weight excluding hydrogens is 315 g/mol. The molecule has 0 saturated carbocycles. The number of aryl methyl sites for hydroxylation is 1. The standard InChI is InChI=1S/C21H21FN2O/c1-16-8-10-17(11-9-16)13-21(25)23-14-19-6-4-12-24(19)15-18-5-2-3-7-20(18)22/h2-12H,13-15H2,1H3,(H,23,25). The predicted octanol–water partition coefficient (Wildman–Crippen LogP) is 3.84. The number of carbonyl (C=O) groups is 1. The van der Waals surface area contributed by atoms with Gasteiger partial charge in [-0.25, -0.2) is 4.39 Å². The van der Waals surface area contributed by atoms with Crippen LogP contribution in [0.5, 0.6) is 0 Å². The van der Waals surface area contributed by atoms with Crippen molar-refractivity contribution in [1.29, 1.82) is 0 Å². The molecule has 3 rings (SSSR count). The Bertz CT molecular complexity index is 852. The molecule has 0 atom stereocenters. The Morgan fingerprint density at radius 3 is 2.56 bits per heavy atom. The van der Waals surface area contributed by atoms with Crippen molar-refractivity contribution < 1.29 is 9.18 Å². The van der Waals surface area contributed by atoms with Gasteiger partial charge in [0.15, 0.2) is 0 Å². The summed E-state index contributed by atoms with van der Waals surface area (Å²) >= 11 is 0. The van der Waals surface area contributed by atoms with E-state index in [1.54, 1.807) is 12.1 Å². The number of rotatable bonds is 6. The zero-order valence-corrected chi connectivity index (χ0v) is 14.2. The van der Waals surface area contributed by atoms with Gasteiger partial charge in [0.05, 0.1) is 19.5 Å². The molecule has 0 spiro atoms. The highest BCUT2D eigenvalue weighted by Crippen LogP contribution is 2.11. The minimum Gasteiger partial charge on any atom is -0.350 e. The Balaban J connectivity index is 1.59. The van der Waals surface area contributed by atoms with Crippen molar-refractivity contribution in [3.63, 3.8) is 0 Å². The number of nitrogens with one attached hydrogen (secondary N) is 1. The van der Waals surface area contributed by atoms with E-state index in [-0.39, 0.29) is 11.7 Å². The summed E-state index contributed by atoms with van der Waals surface area (Å²) in [5, 5.41) is 2.94. The van der Waals surface area contributed by atoms with Gasteiger partial charge in [0.2, 0.25) is 5.91 Å². The van der Waals surface area contributed by atoms with Crippen molar-refractivity contribution in [2.24, 2.45) is 0 Å². The fourth-order valence-electron chi connectivity index (χ4n) is 2.72. The molecule has 0 radical (unpaired) electrons. The second-order valence-corrected chi connectivity index (χ2v) is 6.16. The minimum atomic E-state index is -0.217. The number of amides is 1. The van der Waals surface area contributed by atoms with Crippen LogP contribution in [0.3, 0.4) is 0 Å². The SMILES string of the molecule is Cc1ccc(CC(=O)NCc2cccn2Cc2ccccc2F)cc1. The van der Waals surface area contributed by atoms with E-state index < -0.39 is 0 Å². The topological polar surface area (TPSA) is 34.0 Å². The third-order valence-electron chi connectivity index (χ3n) is 4.17. The maximum atomic E-state index is 13.8. The second kappa shape index (κ2) is 7.79. The number of halogens is 1. The lowest BCUT2D eigenvalue weighted by Crippen LogP contribution is -2.25. The van der Waals surface area contributed by atoms with E-state index in [0.717, 1.165) is 11.3 Å². The average Bonchev–Trinajstić information content (AvgIpc) is 3.04. The molecule has 3 nitrogen and oxygen atoms in total. The third kappa shape index (κ3) is 4.57. The third-order valence-corrected chi connectivity index (χ3v) is 4.17. The largest absolute Gasteiger partial charge is 0.350 e. The Morgan fingerprint density at radius 2 is 1.80 bits per heavy atom. The molecule has 0 fully saturated rings. The average molecular weight is 336 g/mol. The number of benzene rings is 2. The summed E-state index contributed by atoms with van der Waals surface area (Å²) in [7, 11) is 0. The van der Waals surface area contributed by atoms with Crippen LogP contribution < -0.4 is 5.32 Å². The maximum Gasteiger partial charge on any atom is 0.224 e. The lowest BCUT2D eigenvalue weighted by atomic mass is 10.1. The van der Waals surface area contributed by atoms with E-state index in [1.807, 2.05) is 60.2 Å². The molecule has 0 aliphatic heterocycles. The smallest absolute Gasteiger partial charge is 0.224 e. The van der Waals surface area contributed by atoms with Crippen LogP contribution in [0.15, 0.2) is 66.9 Å². The molecule has 0 unspecified atom stereocenters. The summed E-state index contributed by atoms with van der Waals surface area (Å²) in [5.74, 6) is -0.243. The van der Waals surface area contributed by atoms with Gasteiger partial charge in [-0.15, -0.1) is 0 Å². The van der Waals surface area contributed by atoms with Gasteiger partial charge in [0, 0.05) is 17.5 Å². The first-order valence-corrected chi connectivity index (χ1v) is 8.31. The molecule has 0 bridgehead atoms. The van der Waals surface area contributed by atoms with Gasteiger partial charge in [-0.3, -0.25) is 4.79 Å². The van der Waals surface area contributed by atoms with Crippen LogP contribution in [-0.4, -0.2) is 10.5 Å². The molecule has 128 valence electrons. The highest BCUT2D eigenvalue weighted by atomic mass is 19.1. The molecule has 4 heteroatoms. The highest BCUT2D eigenvalue weighted by molar-refractivity contribution is 5.78. The highest BCUT2D eigenvalue weighted by Gasteiger charge is 2.08. The van der Waals surface area contributed by atoms with E-state index >= 15 is 0 Å². The zero-order chi connectivity index (χ0) is 17.6. The van der Waals surface area contributed by atoms with Crippen LogP contribution in [0, 0.1) is 12.7 Å². The summed E-state index contributed by atoms with van der Waals surface area (Å²) in [4.78, 5) is 12.1. The van der Waals surface area contributed by atoms with E-state index in [4.69, 9.17) is 0 Å². The number of nitrogens with zero attached hydrogens (tertiary/aromatic N) is 1. The Kier molecular flexibility index (Phi) is 5.29. The molecular formula is C21H21FN2O. The lowest BCUT2D eigenvalue weighted by Gasteiger charge is -2.11. The lowest BCUT2D eigenvalue weighted by molar-refractivity contribution is -0.120. The van der Waals surface area contributed by atoms with Crippen LogP contribution >= 0.6 is 0 Å². The Hall–Kier alpha value is -2.88. The Morgan fingerprint density at radius 1 is 1.04 bits per heavy atom. The van der Waals surface area contributed by atoms with Crippen molar-refractivity contribution in [1.82, 2.24) is 9.88 Å². The molecule has 1 aromatic heterocycles. The fraction of sp³-hybridized carbons (Fsp3) is 0.190. The number of hydrogen-bond donors (Lipinski definition) is 1. The number of aromatic nitrogens is 1. The van der Waals surface area contributed by atoms with Gasteiger partial charge in [0.25, 0.3) is 0 Å².